The normalized spacial score (nSPS) is 11.6. The number of anilines is 6. The van der Waals surface area contributed by atoms with Gasteiger partial charge in [0.2, 0.25) is 0 Å². The van der Waals surface area contributed by atoms with Gasteiger partial charge in [-0.3, -0.25) is 0 Å². The summed E-state index contributed by atoms with van der Waals surface area (Å²) in [5.74, 6) is 0. The molecule has 13 aromatic rings. The van der Waals surface area contributed by atoms with Gasteiger partial charge in [-0.05, 0) is 151 Å². The Morgan fingerprint density at radius 2 is 0.582 bits per heavy atom. The van der Waals surface area contributed by atoms with Crippen molar-refractivity contribution < 1.29 is 4.42 Å². The van der Waals surface area contributed by atoms with Crippen LogP contribution in [0, 0.1) is 0 Å². The van der Waals surface area contributed by atoms with Gasteiger partial charge in [0, 0.05) is 44.6 Å². The Hall–Kier alpha value is -8.92. The molecule has 0 aliphatic heterocycles. The van der Waals surface area contributed by atoms with Gasteiger partial charge in [0.05, 0.1) is 11.4 Å². The van der Waals surface area contributed by atoms with Crippen molar-refractivity contribution in [2.45, 2.75) is 0 Å². The first-order valence-electron chi connectivity index (χ1n) is 22.9. The van der Waals surface area contributed by atoms with E-state index in [1.165, 1.54) is 43.8 Å². The van der Waals surface area contributed by atoms with Crippen LogP contribution in [0.15, 0.2) is 259 Å². The molecule has 1 heterocycles. The number of nitrogens with zero attached hydrogens (tertiary/aromatic N) is 2. The first-order valence-corrected chi connectivity index (χ1v) is 22.9. The van der Waals surface area contributed by atoms with E-state index >= 15 is 0 Å². The molecular formula is C64H42N2O. The molecule has 67 heavy (non-hydrogen) atoms. The third-order valence-electron chi connectivity index (χ3n) is 13.3. The van der Waals surface area contributed by atoms with Crippen LogP contribution in [0.25, 0.3) is 87.3 Å². The fourth-order valence-corrected chi connectivity index (χ4v) is 10.0. The second-order valence-corrected chi connectivity index (χ2v) is 17.4. The molecule has 3 heteroatoms. The maximum absolute atomic E-state index is 6.83. The van der Waals surface area contributed by atoms with E-state index in [4.69, 9.17) is 4.42 Å². The van der Waals surface area contributed by atoms with Crippen molar-refractivity contribution in [3.8, 4) is 22.3 Å². The summed E-state index contributed by atoms with van der Waals surface area (Å²) in [6, 6.07) is 92.0. The molecule has 0 unspecified atom stereocenters. The van der Waals surface area contributed by atoms with Crippen LogP contribution in [0.4, 0.5) is 34.1 Å². The highest BCUT2D eigenvalue weighted by Gasteiger charge is 2.22. The average molecular weight is 855 g/mol. The Kier molecular flexibility index (Phi) is 9.17. The molecule has 0 atom stereocenters. The molecule has 0 aliphatic carbocycles. The highest BCUT2D eigenvalue weighted by atomic mass is 16.3. The number of hydrogen-bond acceptors (Lipinski definition) is 3. The van der Waals surface area contributed by atoms with Crippen molar-refractivity contribution in [3.05, 3.63) is 255 Å². The van der Waals surface area contributed by atoms with E-state index < -0.39 is 0 Å². The Labute approximate surface area is 388 Å². The quantitative estimate of drug-likeness (QED) is 0.152. The highest BCUT2D eigenvalue weighted by Crippen LogP contribution is 2.46. The number of rotatable bonds is 8. The fraction of sp³-hybridized carbons (Fsp3) is 0. The summed E-state index contributed by atoms with van der Waals surface area (Å²) in [5.41, 5.74) is 13.0. The lowest BCUT2D eigenvalue weighted by Crippen LogP contribution is -2.11. The van der Waals surface area contributed by atoms with Gasteiger partial charge in [-0.25, -0.2) is 0 Å². The summed E-state index contributed by atoms with van der Waals surface area (Å²) in [5, 5.41) is 11.6. The lowest BCUT2D eigenvalue weighted by Gasteiger charge is -2.28. The molecule has 3 nitrogen and oxygen atoms in total. The molecule has 0 fully saturated rings. The van der Waals surface area contributed by atoms with Gasteiger partial charge in [-0.15, -0.1) is 0 Å². The zero-order valence-electron chi connectivity index (χ0n) is 36.6. The second kappa shape index (κ2) is 16.0. The summed E-state index contributed by atoms with van der Waals surface area (Å²) in [6.45, 7) is 0. The first-order chi connectivity index (χ1) is 33.2. The Balaban J connectivity index is 0.947. The van der Waals surface area contributed by atoms with Crippen molar-refractivity contribution in [2.75, 3.05) is 9.80 Å². The Morgan fingerprint density at radius 3 is 0.985 bits per heavy atom. The standard InChI is InChI=1S/C64H42N2O/c1-5-17-43(18-6-1)57-35-45-21-13-15-23-47(45)39-61(57)65(53-25-9-3-10-26-53)55-31-29-49-37-59-60-38-50-30-32-56(34-52(50)42-64(60)67-63(59)41-51(49)33-55)66(54-27-11-4-12-28-54)62-40-48-24-16-14-22-46(48)36-58(62)44-19-7-2-8-20-44/h1-42H. The van der Waals surface area contributed by atoms with E-state index in [1.54, 1.807) is 0 Å². The van der Waals surface area contributed by atoms with Gasteiger partial charge in [-0.2, -0.15) is 0 Å². The van der Waals surface area contributed by atoms with E-state index in [9.17, 15) is 0 Å². The lowest BCUT2D eigenvalue weighted by molar-refractivity contribution is 0.670. The molecule has 314 valence electrons. The van der Waals surface area contributed by atoms with Gasteiger partial charge >= 0.3 is 0 Å². The minimum absolute atomic E-state index is 0.867. The van der Waals surface area contributed by atoms with E-state index in [2.05, 4.69) is 265 Å². The van der Waals surface area contributed by atoms with Crippen molar-refractivity contribution in [1.82, 2.24) is 0 Å². The molecule has 0 aliphatic rings. The first kappa shape index (κ1) is 38.5. The van der Waals surface area contributed by atoms with E-state index in [0.717, 1.165) is 77.6 Å². The van der Waals surface area contributed by atoms with Crippen molar-refractivity contribution >= 4 is 99.2 Å². The number of hydrogen-bond donors (Lipinski definition) is 0. The second-order valence-electron chi connectivity index (χ2n) is 17.4. The van der Waals surface area contributed by atoms with Gasteiger partial charge in [0.15, 0.2) is 0 Å². The lowest BCUT2D eigenvalue weighted by atomic mass is 9.97. The number of furan rings is 1. The summed E-state index contributed by atoms with van der Waals surface area (Å²) < 4.78 is 6.83. The van der Waals surface area contributed by atoms with Crippen LogP contribution in [0.3, 0.4) is 0 Å². The highest BCUT2D eigenvalue weighted by molar-refractivity contribution is 6.14. The van der Waals surface area contributed by atoms with Crippen LogP contribution in [0.1, 0.15) is 0 Å². The molecule has 1 aromatic heterocycles. The summed E-state index contributed by atoms with van der Waals surface area (Å²) in [4.78, 5) is 4.78. The molecule has 12 aromatic carbocycles. The van der Waals surface area contributed by atoms with Crippen LogP contribution in [-0.4, -0.2) is 0 Å². The van der Waals surface area contributed by atoms with E-state index in [1.807, 2.05) is 0 Å². The number of para-hydroxylation sites is 2. The summed E-state index contributed by atoms with van der Waals surface area (Å²) >= 11 is 0. The average Bonchev–Trinajstić information content (AvgIpc) is 3.73. The zero-order chi connectivity index (χ0) is 44.3. The predicted molar refractivity (Wildman–Crippen MR) is 284 cm³/mol. The van der Waals surface area contributed by atoms with E-state index in [-0.39, 0.29) is 0 Å². The van der Waals surface area contributed by atoms with Gasteiger partial charge in [-0.1, -0.05) is 158 Å². The molecule has 0 saturated heterocycles. The minimum Gasteiger partial charge on any atom is -0.456 e. The molecular weight excluding hydrogens is 813 g/mol. The van der Waals surface area contributed by atoms with Crippen molar-refractivity contribution in [2.24, 2.45) is 0 Å². The van der Waals surface area contributed by atoms with Gasteiger partial charge < -0.3 is 14.2 Å². The molecule has 13 rings (SSSR count). The topological polar surface area (TPSA) is 19.6 Å². The third kappa shape index (κ3) is 6.84. The largest absolute Gasteiger partial charge is 0.456 e. The Bertz CT molecular complexity index is 3720. The van der Waals surface area contributed by atoms with Crippen molar-refractivity contribution in [3.63, 3.8) is 0 Å². The maximum Gasteiger partial charge on any atom is 0.136 e. The van der Waals surface area contributed by atoms with Crippen LogP contribution in [0.5, 0.6) is 0 Å². The van der Waals surface area contributed by atoms with Crippen LogP contribution >= 0.6 is 0 Å². The van der Waals surface area contributed by atoms with Gasteiger partial charge in [0.1, 0.15) is 11.2 Å². The molecule has 0 radical (unpaired) electrons. The fourth-order valence-electron chi connectivity index (χ4n) is 10.0. The molecule has 0 spiro atoms. The van der Waals surface area contributed by atoms with Gasteiger partial charge in [0.25, 0.3) is 0 Å². The predicted octanol–water partition coefficient (Wildman–Crippen LogP) is 18.5. The summed E-state index contributed by atoms with van der Waals surface area (Å²) in [6.07, 6.45) is 0. The monoisotopic (exact) mass is 854 g/mol. The van der Waals surface area contributed by atoms with Crippen LogP contribution < -0.4 is 9.80 Å². The van der Waals surface area contributed by atoms with Crippen LogP contribution in [-0.2, 0) is 0 Å². The number of benzene rings is 12. The van der Waals surface area contributed by atoms with Crippen molar-refractivity contribution in [1.29, 1.82) is 0 Å². The zero-order valence-corrected chi connectivity index (χ0v) is 36.6. The molecule has 0 saturated carbocycles. The molecule has 0 amide bonds. The SMILES string of the molecule is c1ccc(-c2cc3ccccc3cc2N(c2ccccc2)c2ccc3cc4c(cc3c2)oc2cc3cc(N(c5ccccc5)c5cc6ccccc6cc5-c5ccccc5)ccc3cc24)cc1. The maximum atomic E-state index is 6.83. The Morgan fingerprint density at radius 1 is 0.239 bits per heavy atom. The molecule has 0 N–H and O–H groups in total. The third-order valence-corrected chi connectivity index (χ3v) is 13.3. The number of fused-ring (bicyclic) bond motifs is 7. The van der Waals surface area contributed by atoms with Crippen LogP contribution in [0.2, 0.25) is 0 Å². The molecule has 0 bridgehead atoms. The van der Waals surface area contributed by atoms with E-state index in [0.29, 0.717) is 0 Å². The summed E-state index contributed by atoms with van der Waals surface area (Å²) in [7, 11) is 0. The minimum atomic E-state index is 0.867. The smallest absolute Gasteiger partial charge is 0.136 e.